The first-order chi connectivity index (χ1) is 10.3. The van der Waals surface area contributed by atoms with Gasteiger partial charge in [0.25, 0.3) is 0 Å². The van der Waals surface area contributed by atoms with E-state index in [9.17, 15) is 0 Å². The van der Waals surface area contributed by atoms with Crippen molar-refractivity contribution in [3.8, 4) is 0 Å². The van der Waals surface area contributed by atoms with Gasteiger partial charge in [0.2, 0.25) is 0 Å². The Morgan fingerprint density at radius 3 is 1.90 bits per heavy atom. The van der Waals surface area contributed by atoms with Crippen molar-refractivity contribution in [2.45, 2.75) is 19.3 Å². The molecule has 0 amide bonds. The molecule has 2 aromatic rings. The summed E-state index contributed by atoms with van der Waals surface area (Å²) in [7, 11) is 4.25. The lowest BCUT2D eigenvalue weighted by Gasteiger charge is -2.21. The number of hydrogen-bond acceptors (Lipinski definition) is 1. The standard InChI is InChI=1S/C20H23N/c1-21(2)15-14-20-18-12-5-3-8-16(18)10-7-11-17-9-4-6-13-19(17)20/h3-6,8-9,12-14H,7,10-11,15H2,1-2H3. The SMILES string of the molecule is CN(C)CC=C1c2ccccc2CCCc2ccccc21. The smallest absolute Gasteiger partial charge is 0.0166 e. The molecule has 0 fully saturated rings. The van der Waals surface area contributed by atoms with Gasteiger partial charge in [-0.1, -0.05) is 54.6 Å². The second-order valence-electron chi connectivity index (χ2n) is 6.05. The number of rotatable bonds is 2. The van der Waals surface area contributed by atoms with Crippen LogP contribution in [0.15, 0.2) is 54.6 Å². The third-order valence-corrected chi connectivity index (χ3v) is 4.17. The Labute approximate surface area is 127 Å². The molecule has 0 heterocycles. The van der Waals surface area contributed by atoms with E-state index in [1.165, 1.54) is 47.1 Å². The molecule has 0 spiro atoms. The molecule has 108 valence electrons. The number of likely N-dealkylation sites (N-methyl/N-ethyl adjacent to an activating group) is 1. The molecule has 0 aromatic heterocycles. The Hall–Kier alpha value is -1.86. The van der Waals surface area contributed by atoms with E-state index < -0.39 is 0 Å². The van der Waals surface area contributed by atoms with Crippen LogP contribution in [0.4, 0.5) is 0 Å². The van der Waals surface area contributed by atoms with Gasteiger partial charge in [0, 0.05) is 6.54 Å². The molecule has 0 N–H and O–H groups in total. The summed E-state index contributed by atoms with van der Waals surface area (Å²) in [6.45, 7) is 0.970. The predicted molar refractivity (Wildman–Crippen MR) is 90.5 cm³/mol. The Kier molecular flexibility index (Phi) is 4.21. The Morgan fingerprint density at radius 1 is 0.857 bits per heavy atom. The minimum Gasteiger partial charge on any atom is -0.306 e. The highest BCUT2D eigenvalue weighted by atomic mass is 15.0. The van der Waals surface area contributed by atoms with E-state index in [1.54, 1.807) is 0 Å². The lowest BCUT2D eigenvalue weighted by molar-refractivity contribution is 0.457. The second kappa shape index (κ2) is 6.28. The van der Waals surface area contributed by atoms with Crippen molar-refractivity contribution in [2.75, 3.05) is 20.6 Å². The fourth-order valence-corrected chi connectivity index (χ4v) is 3.11. The van der Waals surface area contributed by atoms with Gasteiger partial charge in [0.05, 0.1) is 0 Å². The van der Waals surface area contributed by atoms with Gasteiger partial charge in [-0.05, 0) is 61.2 Å². The van der Waals surface area contributed by atoms with Crippen LogP contribution in [0.25, 0.3) is 5.57 Å². The van der Waals surface area contributed by atoms with Crippen molar-refractivity contribution < 1.29 is 0 Å². The number of fused-ring (bicyclic) bond motifs is 2. The highest BCUT2D eigenvalue weighted by Gasteiger charge is 2.15. The number of nitrogens with zero attached hydrogens (tertiary/aromatic N) is 1. The molecule has 3 rings (SSSR count). The van der Waals surface area contributed by atoms with Crippen LogP contribution in [0.2, 0.25) is 0 Å². The molecule has 0 saturated heterocycles. The zero-order valence-electron chi connectivity index (χ0n) is 13.0. The van der Waals surface area contributed by atoms with E-state index in [1.807, 2.05) is 0 Å². The lowest BCUT2D eigenvalue weighted by Crippen LogP contribution is -2.12. The van der Waals surface area contributed by atoms with Crippen molar-refractivity contribution in [3.63, 3.8) is 0 Å². The van der Waals surface area contributed by atoms with Gasteiger partial charge < -0.3 is 4.90 Å². The quantitative estimate of drug-likeness (QED) is 0.796. The van der Waals surface area contributed by atoms with Crippen molar-refractivity contribution in [1.29, 1.82) is 0 Å². The summed E-state index contributed by atoms with van der Waals surface area (Å²) in [5.41, 5.74) is 7.18. The first kappa shape index (κ1) is 14.1. The minimum absolute atomic E-state index is 0.970. The third-order valence-electron chi connectivity index (χ3n) is 4.17. The van der Waals surface area contributed by atoms with Gasteiger partial charge in [-0.3, -0.25) is 0 Å². The largest absolute Gasteiger partial charge is 0.306 e. The van der Waals surface area contributed by atoms with Crippen LogP contribution in [0, 0.1) is 0 Å². The summed E-state index contributed by atoms with van der Waals surface area (Å²) < 4.78 is 0. The number of hydrogen-bond donors (Lipinski definition) is 0. The van der Waals surface area contributed by atoms with Crippen molar-refractivity contribution in [3.05, 3.63) is 76.9 Å². The van der Waals surface area contributed by atoms with Crippen molar-refractivity contribution >= 4 is 5.57 Å². The predicted octanol–water partition coefficient (Wildman–Crippen LogP) is 4.17. The molecule has 0 unspecified atom stereocenters. The summed E-state index contributed by atoms with van der Waals surface area (Å²) >= 11 is 0. The van der Waals surface area contributed by atoms with Crippen LogP contribution in [0.3, 0.4) is 0 Å². The van der Waals surface area contributed by atoms with E-state index >= 15 is 0 Å². The average Bonchev–Trinajstić information content (AvgIpc) is 2.47. The molecule has 0 radical (unpaired) electrons. The number of aryl methyl sites for hydroxylation is 2. The summed E-state index contributed by atoms with van der Waals surface area (Å²) in [5.74, 6) is 0. The molecule has 0 aliphatic heterocycles. The molecule has 1 nitrogen and oxygen atoms in total. The van der Waals surface area contributed by atoms with Gasteiger partial charge in [-0.2, -0.15) is 0 Å². The van der Waals surface area contributed by atoms with Crippen LogP contribution >= 0.6 is 0 Å². The molecule has 0 bridgehead atoms. The first-order valence-electron chi connectivity index (χ1n) is 7.77. The third kappa shape index (κ3) is 3.08. The molecule has 0 atom stereocenters. The fourth-order valence-electron chi connectivity index (χ4n) is 3.11. The van der Waals surface area contributed by atoms with E-state index in [0.29, 0.717) is 0 Å². The van der Waals surface area contributed by atoms with Gasteiger partial charge in [0.1, 0.15) is 0 Å². The highest BCUT2D eigenvalue weighted by Crippen LogP contribution is 2.32. The zero-order valence-corrected chi connectivity index (χ0v) is 13.0. The normalized spacial score (nSPS) is 14.1. The maximum Gasteiger partial charge on any atom is 0.0166 e. The Balaban J connectivity index is 2.16. The Morgan fingerprint density at radius 2 is 1.38 bits per heavy atom. The minimum atomic E-state index is 0.970. The topological polar surface area (TPSA) is 3.24 Å². The van der Waals surface area contributed by atoms with Crippen LogP contribution in [-0.4, -0.2) is 25.5 Å². The van der Waals surface area contributed by atoms with Gasteiger partial charge in [0.15, 0.2) is 0 Å². The van der Waals surface area contributed by atoms with Gasteiger partial charge in [-0.25, -0.2) is 0 Å². The zero-order chi connectivity index (χ0) is 14.7. The van der Waals surface area contributed by atoms with E-state index in [4.69, 9.17) is 0 Å². The molecular weight excluding hydrogens is 254 g/mol. The summed E-state index contributed by atoms with van der Waals surface area (Å²) in [6.07, 6.45) is 5.95. The van der Waals surface area contributed by atoms with E-state index in [-0.39, 0.29) is 0 Å². The lowest BCUT2D eigenvalue weighted by atomic mass is 9.85. The van der Waals surface area contributed by atoms with Crippen LogP contribution in [0.1, 0.15) is 28.7 Å². The molecule has 0 saturated carbocycles. The molecule has 1 aliphatic rings. The number of benzene rings is 2. The maximum atomic E-state index is 2.38. The molecule has 21 heavy (non-hydrogen) atoms. The monoisotopic (exact) mass is 277 g/mol. The molecule has 1 heteroatoms. The molecular formula is C20H23N. The van der Waals surface area contributed by atoms with Gasteiger partial charge >= 0.3 is 0 Å². The maximum absolute atomic E-state index is 2.38. The summed E-state index contributed by atoms with van der Waals surface area (Å²) in [4.78, 5) is 2.22. The highest BCUT2D eigenvalue weighted by molar-refractivity contribution is 5.83. The average molecular weight is 277 g/mol. The van der Waals surface area contributed by atoms with Crippen LogP contribution in [-0.2, 0) is 12.8 Å². The molecule has 1 aliphatic carbocycles. The van der Waals surface area contributed by atoms with Gasteiger partial charge in [-0.15, -0.1) is 0 Å². The first-order valence-corrected chi connectivity index (χ1v) is 7.77. The molecule has 2 aromatic carbocycles. The summed E-state index contributed by atoms with van der Waals surface area (Å²) in [5, 5.41) is 0. The van der Waals surface area contributed by atoms with Crippen molar-refractivity contribution in [2.24, 2.45) is 0 Å². The summed E-state index contributed by atoms with van der Waals surface area (Å²) in [6, 6.07) is 17.8. The fraction of sp³-hybridized carbons (Fsp3) is 0.300. The van der Waals surface area contributed by atoms with Crippen LogP contribution in [0.5, 0.6) is 0 Å². The van der Waals surface area contributed by atoms with Crippen LogP contribution < -0.4 is 0 Å². The second-order valence-corrected chi connectivity index (χ2v) is 6.05. The Bertz CT molecular complexity index is 603. The van der Waals surface area contributed by atoms with E-state index in [0.717, 1.165) is 6.54 Å². The van der Waals surface area contributed by atoms with Crippen molar-refractivity contribution in [1.82, 2.24) is 4.90 Å². The van der Waals surface area contributed by atoms with E-state index in [2.05, 4.69) is 73.6 Å².